The Kier molecular flexibility index (Phi) is 6.44. The van der Waals surface area contributed by atoms with Crippen molar-refractivity contribution in [3.8, 4) is 0 Å². The molecule has 1 atom stereocenters. The highest BCUT2D eigenvalue weighted by Gasteiger charge is 2.35. The summed E-state index contributed by atoms with van der Waals surface area (Å²) in [4.78, 5) is 26.9. The van der Waals surface area contributed by atoms with Crippen molar-refractivity contribution in [3.05, 3.63) is 71.3 Å². The highest BCUT2D eigenvalue weighted by atomic mass is 16.6. The van der Waals surface area contributed by atoms with Gasteiger partial charge >= 0.3 is 6.09 Å². The number of methoxy groups -OCH3 is 1. The summed E-state index contributed by atoms with van der Waals surface area (Å²) in [6.07, 6.45) is -0.0182. The van der Waals surface area contributed by atoms with Crippen molar-refractivity contribution in [3.63, 3.8) is 0 Å². The minimum absolute atomic E-state index is 0.176. The minimum Gasteiger partial charge on any atom is -0.445 e. The molecule has 0 radical (unpaired) electrons. The van der Waals surface area contributed by atoms with Crippen molar-refractivity contribution >= 4 is 12.0 Å². The summed E-state index contributed by atoms with van der Waals surface area (Å²) in [5.74, 6) is -0.196. The lowest BCUT2D eigenvalue weighted by Crippen LogP contribution is -2.53. The molecule has 6 nitrogen and oxygen atoms in total. The zero-order chi connectivity index (χ0) is 19.1. The topological polar surface area (TPSA) is 67.9 Å². The van der Waals surface area contributed by atoms with E-state index in [0.717, 1.165) is 16.7 Å². The summed E-state index contributed by atoms with van der Waals surface area (Å²) in [7, 11) is 1.58. The van der Waals surface area contributed by atoms with Crippen LogP contribution in [-0.4, -0.2) is 43.2 Å². The molecule has 0 bridgehead atoms. The first-order chi connectivity index (χ1) is 13.2. The van der Waals surface area contributed by atoms with Gasteiger partial charge in [-0.25, -0.2) is 4.79 Å². The molecule has 27 heavy (non-hydrogen) atoms. The van der Waals surface area contributed by atoms with Gasteiger partial charge in [0.15, 0.2) is 0 Å². The number of ether oxygens (including phenoxy) is 2. The monoisotopic (exact) mass is 368 g/mol. The fraction of sp³-hybridized carbons (Fsp3) is 0.333. The second kappa shape index (κ2) is 9.19. The molecule has 0 saturated carbocycles. The molecule has 1 aliphatic rings. The molecule has 142 valence electrons. The van der Waals surface area contributed by atoms with Gasteiger partial charge in [-0.3, -0.25) is 9.69 Å². The van der Waals surface area contributed by atoms with Crippen LogP contribution in [0.25, 0.3) is 0 Å². The van der Waals surface area contributed by atoms with Gasteiger partial charge in [-0.2, -0.15) is 0 Å². The second-order valence-corrected chi connectivity index (χ2v) is 6.44. The smallest absolute Gasteiger partial charge is 0.411 e. The predicted molar refractivity (Wildman–Crippen MR) is 101 cm³/mol. The maximum Gasteiger partial charge on any atom is 0.411 e. The fourth-order valence-corrected chi connectivity index (χ4v) is 3.15. The number of carbonyl (C=O) groups is 2. The highest BCUT2D eigenvalue weighted by Crippen LogP contribution is 2.24. The van der Waals surface area contributed by atoms with E-state index in [2.05, 4.69) is 5.32 Å². The van der Waals surface area contributed by atoms with Crippen molar-refractivity contribution in [2.24, 2.45) is 0 Å². The lowest BCUT2D eigenvalue weighted by Gasteiger charge is -2.35. The van der Waals surface area contributed by atoms with Crippen LogP contribution in [0.1, 0.15) is 16.7 Å². The van der Waals surface area contributed by atoms with Gasteiger partial charge in [0.05, 0.1) is 13.2 Å². The van der Waals surface area contributed by atoms with Gasteiger partial charge in [-0.1, -0.05) is 54.6 Å². The molecule has 0 fully saturated rings. The lowest BCUT2D eigenvalue weighted by atomic mass is 9.94. The van der Waals surface area contributed by atoms with E-state index < -0.39 is 12.1 Å². The average molecular weight is 368 g/mol. The van der Waals surface area contributed by atoms with E-state index in [-0.39, 0.29) is 12.5 Å². The number of benzene rings is 2. The number of carbonyl (C=O) groups excluding carboxylic acids is 2. The van der Waals surface area contributed by atoms with Crippen LogP contribution in [0.2, 0.25) is 0 Å². The van der Waals surface area contributed by atoms with Crippen molar-refractivity contribution in [1.29, 1.82) is 0 Å². The van der Waals surface area contributed by atoms with Crippen molar-refractivity contribution in [1.82, 2.24) is 10.2 Å². The number of fused-ring (bicyclic) bond motifs is 1. The van der Waals surface area contributed by atoms with Crippen LogP contribution in [0.4, 0.5) is 4.79 Å². The first-order valence-corrected chi connectivity index (χ1v) is 9.00. The van der Waals surface area contributed by atoms with Crippen LogP contribution >= 0.6 is 0 Å². The summed E-state index contributed by atoms with van der Waals surface area (Å²) >= 11 is 0. The van der Waals surface area contributed by atoms with E-state index >= 15 is 0 Å². The summed E-state index contributed by atoms with van der Waals surface area (Å²) in [6, 6.07) is 16.8. The molecule has 0 saturated heterocycles. The third-order valence-corrected chi connectivity index (χ3v) is 4.60. The zero-order valence-electron chi connectivity index (χ0n) is 15.4. The summed E-state index contributed by atoms with van der Waals surface area (Å²) in [5, 5.41) is 2.83. The molecule has 0 aromatic heterocycles. The van der Waals surface area contributed by atoms with E-state index in [1.165, 1.54) is 4.90 Å². The number of nitrogens with one attached hydrogen (secondary N) is 1. The third-order valence-electron chi connectivity index (χ3n) is 4.60. The van der Waals surface area contributed by atoms with E-state index in [1.54, 1.807) is 7.11 Å². The van der Waals surface area contributed by atoms with Gasteiger partial charge in [-0.05, 0) is 16.7 Å². The van der Waals surface area contributed by atoms with Gasteiger partial charge in [0.2, 0.25) is 5.91 Å². The standard InChI is InChI=1S/C21H24N2O4/c1-26-12-11-22-20(24)19-13-17-9-5-6-10-18(17)14-23(19)21(25)27-15-16-7-3-2-4-8-16/h2-10,19H,11-15H2,1H3,(H,22,24)/t19-/m1/s1. The molecule has 0 spiro atoms. The zero-order valence-corrected chi connectivity index (χ0v) is 15.4. The van der Waals surface area contributed by atoms with Gasteiger partial charge < -0.3 is 14.8 Å². The van der Waals surface area contributed by atoms with Crippen LogP contribution in [-0.2, 0) is 33.8 Å². The fourth-order valence-electron chi connectivity index (χ4n) is 3.15. The summed E-state index contributed by atoms with van der Waals surface area (Å²) in [6.45, 7) is 1.36. The molecule has 2 aromatic carbocycles. The average Bonchev–Trinajstić information content (AvgIpc) is 2.72. The van der Waals surface area contributed by atoms with Crippen molar-refractivity contribution < 1.29 is 19.1 Å². The molecule has 1 N–H and O–H groups in total. The molecule has 1 heterocycles. The Hall–Kier alpha value is -2.86. The molecule has 0 aliphatic carbocycles. The second-order valence-electron chi connectivity index (χ2n) is 6.44. The first kappa shape index (κ1) is 18.9. The van der Waals surface area contributed by atoms with Crippen LogP contribution in [0.5, 0.6) is 0 Å². The molecule has 3 rings (SSSR count). The van der Waals surface area contributed by atoms with Crippen LogP contribution < -0.4 is 5.32 Å². The van der Waals surface area contributed by atoms with Gasteiger partial charge in [-0.15, -0.1) is 0 Å². The minimum atomic E-state index is -0.597. The Morgan fingerprint density at radius 3 is 2.52 bits per heavy atom. The highest BCUT2D eigenvalue weighted by molar-refractivity contribution is 5.86. The quantitative estimate of drug-likeness (QED) is 0.796. The number of rotatable bonds is 6. The first-order valence-electron chi connectivity index (χ1n) is 9.00. The van der Waals surface area contributed by atoms with Crippen molar-refractivity contribution in [2.75, 3.05) is 20.3 Å². The largest absolute Gasteiger partial charge is 0.445 e. The third kappa shape index (κ3) is 4.86. The Balaban J connectivity index is 1.72. The Morgan fingerprint density at radius 2 is 1.78 bits per heavy atom. The van der Waals surface area contributed by atoms with Gasteiger partial charge in [0.25, 0.3) is 0 Å². The molecule has 2 amide bonds. The van der Waals surface area contributed by atoms with E-state index in [4.69, 9.17) is 9.47 Å². The molecule has 6 heteroatoms. The Labute approximate surface area is 159 Å². The molecule has 2 aromatic rings. The Bertz CT molecular complexity index is 779. The molecule has 1 aliphatic heterocycles. The van der Waals surface area contributed by atoms with Crippen LogP contribution in [0.3, 0.4) is 0 Å². The molecule has 0 unspecified atom stereocenters. The maximum absolute atomic E-state index is 12.7. The summed E-state index contributed by atoms with van der Waals surface area (Å²) in [5.41, 5.74) is 3.02. The van der Waals surface area contributed by atoms with Crippen molar-refractivity contribution in [2.45, 2.75) is 25.6 Å². The lowest BCUT2D eigenvalue weighted by molar-refractivity contribution is -0.126. The predicted octanol–water partition coefficient (Wildman–Crippen LogP) is 2.51. The number of nitrogens with zero attached hydrogens (tertiary/aromatic N) is 1. The van der Waals surface area contributed by atoms with E-state index in [1.807, 2.05) is 54.6 Å². The molecular formula is C21H24N2O4. The van der Waals surface area contributed by atoms with E-state index in [0.29, 0.717) is 26.1 Å². The number of amides is 2. The van der Waals surface area contributed by atoms with Gasteiger partial charge in [0.1, 0.15) is 12.6 Å². The van der Waals surface area contributed by atoms with E-state index in [9.17, 15) is 9.59 Å². The number of hydrogen-bond acceptors (Lipinski definition) is 4. The normalized spacial score (nSPS) is 15.7. The van der Waals surface area contributed by atoms with Crippen LogP contribution in [0, 0.1) is 0 Å². The van der Waals surface area contributed by atoms with Crippen LogP contribution in [0.15, 0.2) is 54.6 Å². The maximum atomic E-state index is 12.7. The summed E-state index contributed by atoms with van der Waals surface area (Å²) < 4.78 is 10.4. The number of hydrogen-bond donors (Lipinski definition) is 1. The molecular weight excluding hydrogens is 344 g/mol. The van der Waals surface area contributed by atoms with Gasteiger partial charge in [0, 0.05) is 20.1 Å². The SMILES string of the molecule is COCCNC(=O)[C@H]1Cc2ccccc2CN1C(=O)OCc1ccccc1. The Morgan fingerprint density at radius 1 is 1.07 bits per heavy atom.